The van der Waals surface area contributed by atoms with Crippen molar-refractivity contribution in [3.8, 4) is 6.07 Å². The van der Waals surface area contributed by atoms with Gasteiger partial charge in [-0.25, -0.2) is 0 Å². The first-order valence-electron chi connectivity index (χ1n) is 8.47. The van der Waals surface area contributed by atoms with Crippen LogP contribution in [0.5, 0.6) is 0 Å². The number of carbonyl (C=O) groups is 1. The maximum Gasteiger partial charge on any atom is 0.239 e. The summed E-state index contributed by atoms with van der Waals surface area (Å²) in [5.74, 6) is -0.299. The van der Waals surface area contributed by atoms with Gasteiger partial charge in [-0.1, -0.05) is 42.5 Å². The summed E-state index contributed by atoms with van der Waals surface area (Å²) in [5.41, 5.74) is 8.50. The summed E-state index contributed by atoms with van der Waals surface area (Å²) < 4.78 is 0. The van der Waals surface area contributed by atoms with Crippen molar-refractivity contribution in [2.45, 2.75) is 12.6 Å². The lowest BCUT2D eigenvalue weighted by atomic mass is 10.0. The topological polar surface area (TPSA) is 73.4 Å². The summed E-state index contributed by atoms with van der Waals surface area (Å²) in [6.45, 7) is 4.23. The SMILES string of the molecule is N#Cc1ccc(CN2CCN([C@@H](C(N)=O)c3ccccc3)CC2)cc1. The van der Waals surface area contributed by atoms with Crippen LogP contribution in [0.15, 0.2) is 54.6 Å². The number of hydrogen-bond acceptors (Lipinski definition) is 4. The Hall–Kier alpha value is -2.68. The average molecular weight is 334 g/mol. The van der Waals surface area contributed by atoms with E-state index in [2.05, 4.69) is 15.9 Å². The molecule has 1 aliphatic rings. The van der Waals surface area contributed by atoms with Gasteiger partial charge in [0.15, 0.2) is 0 Å². The second kappa shape index (κ2) is 7.93. The molecule has 0 aromatic heterocycles. The lowest BCUT2D eigenvalue weighted by Gasteiger charge is -2.38. The first kappa shape index (κ1) is 17.2. The quantitative estimate of drug-likeness (QED) is 0.906. The van der Waals surface area contributed by atoms with Crippen LogP contribution in [0.25, 0.3) is 0 Å². The number of benzene rings is 2. The summed E-state index contributed by atoms with van der Waals surface area (Å²) in [6.07, 6.45) is 0. The van der Waals surface area contributed by atoms with Crippen molar-refractivity contribution in [2.75, 3.05) is 26.2 Å². The molecule has 5 heteroatoms. The van der Waals surface area contributed by atoms with Gasteiger partial charge in [-0.15, -0.1) is 0 Å². The van der Waals surface area contributed by atoms with Gasteiger partial charge in [0.05, 0.1) is 11.6 Å². The third-order valence-corrected chi connectivity index (χ3v) is 4.65. The van der Waals surface area contributed by atoms with Crippen molar-refractivity contribution in [3.63, 3.8) is 0 Å². The van der Waals surface area contributed by atoms with Gasteiger partial charge in [-0.2, -0.15) is 5.26 Å². The molecular formula is C20H22N4O. The van der Waals surface area contributed by atoms with E-state index in [-0.39, 0.29) is 11.9 Å². The Labute approximate surface area is 148 Å². The molecule has 0 unspecified atom stereocenters. The third kappa shape index (κ3) is 4.24. The van der Waals surface area contributed by atoms with E-state index >= 15 is 0 Å². The van der Waals surface area contributed by atoms with Crippen molar-refractivity contribution >= 4 is 5.91 Å². The van der Waals surface area contributed by atoms with Gasteiger partial charge in [0.1, 0.15) is 6.04 Å². The fraction of sp³-hybridized carbons (Fsp3) is 0.300. The number of carbonyl (C=O) groups excluding carboxylic acids is 1. The number of nitrogens with zero attached hydrogens (tertiary/aromatic N) is 3. The highest BCUT2D eigenvalue weighted by molar-refractivity contribution is 5.81. The molecule has 0 aliphatic carbocycles. The molecule has 5 nitrogen and oxygen atoms in total. The highest BCUT2D eigenvalue weighted by Gasteiger charge is 2.28. The van der Waals surface area contributed by atoms with Crippen LogP contribution in [0.1, 0.15) is 22.7 Å². The molecule has 0 radical (unpaired) electrons. The summed E-state index contributed by atoms with van der Waals surface area (Å²) in [5, 5.41) is 8.87. The van der Waals surface area contributed by atoms with Crippen molar-refractivity contribution in [1.82, 2.24) is 9.80 Å². The highest BCUT2D eigenvalue weighted by Crippen LogP contribution is 2.22. The van der Waals surface area contributed by atoms with Gasteiger partial charge < -0.3 is 5.73 Å². The van der Waals surface area contributed by atoms with Gasteiger partial charge in [0, 0.05) is 32.7 Å². The zero-order valence-electron chi connectivity index (χ0n) is 14.1. The van der Waals surface area contributed by atoms with Crippen LogP contribution in [0.2, 0.25) is 0 Å². The Kier molecular flexibility index (Phi) is 5.44. The van der Waals surface area contributed by atoms with Crippen LogP contribution in [-0.4, -0.2) is 41.9 Å². The molecule has 1 heterocycles. The largest absolute Gasteiger partial charge is 0.368 e. The Balaban J connectivity index is 1.60. The molecule has 1 fully saturated rings. The lowest BCUT2D eigenvalue weighted by Crippen LogP contribution is -2.49. The minimum atomic E-state index is -0.363. The summed E-state index contributed by atoms with van der Waals surface area (Å²) in [6, 6.07) is 19.2. The Morgan fingerprint density at radius 1 is 1.04 bits per heavy atom. The van der Waals surface area contributed by atoms with E-state index in [4.69, 9.17) is 11.0 Å². The van der Waals surface area contributed by atoms with Crippen LogP contribution in [0.3, 0.4) is 0 Å². The molecule has 0 saturated carbocycles. The van der Waals surface area contributed by atoms with Crippen LogP contribution in [0, 0.1) is 11.3 Å². The Morgan fingerprint density at radius 3 is 2.24 bits per heavy atom. The van der Waals surface area contributed by atoms with E-state index in [0.717, 1.165) is 38.3 Å². The summed E-state index contributed by atoms with van der Waals surface area (Å²) in [4.78, 5) is 16.5. The van der Waals surface area contributed by atoms with Crippen LogP contribution < -0.4 is 5.73 Å². The number of hydrogen-bond donors (Lipinski definition) is 1. The molecule has 1 saturated heterocycles. The zero-order valence-corrected chi connectivity index (χ0v) is 14.1. The number of piperazine rings is 1. The number of amides is 1. The Morgan fingerprint density at radius 2 is 1.68 bits per heavy atom. The molecule has 2 aromatic carbocycles. The van der Waals surface area contributed by atoms with Gasteiger partial charge in [-0.3, -0.25) is 14.6 Å². The van der Waals surface area contributed by atoms with E-state index in [1.54, 1.807) is 0 Å². The molecule has 1 aliphatic heterocycles. The molecule has 3 rings (SSSR count). The molecule has 128 valence electrons. The molecule has 1 atom stereocenters. The van der Waals surface area contributed by atoms with E-state index in [0.29, 0.717) is 5.56 Å². The minimum Gasteiger partial charge on any atom is -0.368 e. The van der Waals surface area contributed by atoms with E-state index in [1.165, 1.54) is 5.56 Å². The van der Waals surface area contributed by atoms with Crippen molar-refractivity contribution in [3.05, 3.63) is 71.3 Å². The normalized spacial score (nSPS) is 16.9. The predicted octanol–water partition coefficient (Wildman–Crippen LogP) is 1.90. The molecule has 25 heavy (non-hydrogen) atoms. The van der Waals surface area contributed by atoms with E-state index in [1.807, 2.05) is 54.6 Å². The zero-order chi connectivity index (χ0) is 17.6. The van der Waals surface area contributed by atoms with Gasteiger partial charge >= 0.3 is 0 Å². The Bertz CT molecular complexity index is 744. The molecule has 0 bridgehead atoms. The smallest absolute Gasteiger partial charge is 0.239 e. The number of rotatable bonds is 5. The molecule has 0 spiro atoms. The van der Waals surface area contributed by atoms with Crippen molar-refractivity contribution < 1.29 is 4.79 Å². The number of primary amides is 1. The standard InChI is InChI=1S/C20H22N4O/c21-14-16-6-8-17(9-7-16)15-23-10-12-24(13-11-23)19(20(22)25)18-4-2-1-3-5-18/h1-9,19H,10-13,15H2,(H2,22,25)/t19-/m1/s1. The van der Waals surface area contributed by atoms with Crippen molar-refractivity contribution in [1.29, 1.82) is 5.26 Å². The second-order valence-corrected chi connectivity index (χ2v) is 6.34. The maximum atomic E-state index is 12.0. The number of nitrogens with two attached hydrogens (primary N) is 1. The monoisotopic (exact) mass is 334 g/mol. The molecule has 2 N–H and O–H groups in total. The molecule has 1 amide bonds. The molecule has 2 aromatic rings. The van der Waals surface area contributed by atoms with Gasteiger partial charge in [0.2, 0.25) is 5.91 Å². The van der Waals surface area contributed by atoms with Crippen LogP contribution in [0.4, 0.5) is 0 Å². The second-order valence-electron chi connectivity index (χ2n) is 6.34. The predicted molar refractivity (Wildman–Crippen MR) is 96.4 cm³/mol. The van der Waals surface area contributed by atoms with Gasteiger partial charge in [-0.05, 0) is 23.3 Å². The lowest BCUT2D eigenvalue weighted by molar-refractivity contribution is -0.124. The summed E-state index contributed by atoms with van der Waals surface area (Å²) >= 11 is 0. The third-order valence-electron chi connectivity index (χ3n) is 4.65. The van der Waals surface area contributed by atoms with Gasteiger partial charge in [0.25, 0.3) is 0 Å². The minimum absolute atomic E-state index is 0.299. The van der Waals surface area contributed by atoms with E-state index in [9.17, 15) is 4.79 Å². The van der Waals surface area contributed by atoms with Crippen LogP contribution in [-0.2, 0) is 11.3 Å². The number of nitriles is 1. The highest BCUT2D eigenvalue weighted by atomic mass is 16.1. The first-order chi connectivity index (χ1) is 12.2. The average Bonchev–Trinajstić information content (AvgIpc) is 2.65. The van der Waals surface area contributed by atoms with E-state index < -0.39 is 0 Å². The maximum absolute atomic E-state index is 12.0. The fourth-order valence-corrected chi connectivity index (χ4v) is 3.31. The summed E-state index contributed by atoms with van der Waals surface area (Å²) in [7, 11) is 0. The molecular weight excluding hydrogens is 312 g/mol. The first-order valence-corrected chi connectivity index (χ1v) is 8.47. The van der Waals surface area contributed by atoms with Crippen molar-refractivity contribution in [2.24, 2.45) is 5.73 Å². The fourth-order valence-electron chi connectivity index (χ4n) is 3.31. The van der Waals surface area contributed by atoms with Crippen LogP contribution >= 0.6 is 0 Å².